The van der Waals surface area contributed by atoms with E-state index in [1.165, 1.54) is 21.0 Å². The summed E-state index contributed by atoms with van der Waals surface area (Å²) in [6, 6.07) is 0. The highest BCUT2D eigenvalue weighted by Crippen LogP contribution is 2.26. The van der Waals surface area contributed by atoms with Crippen molar-refractivity contribution < 1.29 is 33.6 Å². The molecule has 1 heterocycles. The van der Waals surface area contributed by atoms with E-state index < -0.39 is 42.6 Å². The molecule has 0 aromatic heterocycles. The zero-order valence-corrected chi connectivity index (χ0v) is 10.8. The third-order valence-corrected chi connectivity index (χ3v) is 2.62. The Labute approximate surface area is 105 Å². The van der Waals surface area contributed by atoms with E-state index in [0.29, 0.717) is 0 Å². The second-order valence-electron chi connectivity index (χ2n) is 4.08. The van der Waals surface area contributed by atoms with E-state index in [2.05, 4.69) is 0 Å². The fourth-order valence-electron chi connectivity index (χ4n) is 1.93. The summed E-state index contributed by atoms with van der Waals surface area (Å²) in [6.07, 6.45) is -4.45. The lowest BCUT2D eigenvalue weighted by atomic mass is 9.99. The average Bonchev–Trinajstić information content (AvgIpc) is 2.24. The van der Waals surface area contributed by atoms with Gasteiger partial charge >= 0.3 is 11.9 Å². The maximum Gasteiger partial charge on any atom is 0.303 e. The molecular weight excluding hydrogens is 244 g/mol. The highest BCUT2D eigenvalue weighted by molar-refractivity contribution is 5.67. The van der Waals surface area contributed by atoms with Gasteiger partial charge in [0.05, 0.1) is 6.10 Å². The number of carbonyl (C=O) groups excluding carboxylic acids is 2. The standard InChI is InChI=1S/C11H18O7/c1-5-8(17-6(2)12)9(15-4)10(11(14)16-5)18-7(3)13/h5,8-11,14H,1-4H3/t5-,8-,9-,10-,11+/m1/s1. The van der Waals surface area contributed by atoms with E-state index >= 15 is 0 Å². The normalized spacial score (nSPS) is 35.9. The summed E-state index contributed by atoms with van der Waals surface area (Å²) in [5.74, 6) is -1.09. The maximum absolute atomic E-state index is 11.0. The minimum atomic E-state index is -1.32. The Bertz CT molecular complexity index is 289. The van der Waals surface area contributed by atoms with Gasteiger partial charge in [-0.3, -0.25) is 9.59 Å². The first-order valence-corrected chi connectivity index (χ1v) is 5.57. The van der Waals surface area contributed by atoms with Gasteiger partial charge in [-0.1, -0.05) is 0 Å². The smallest absolute Gasteiger partial charge is 0.303 e. The molecule has 104 valence electrons. The van der Waals surface area contributed by atoms with Crippen LogP contribution in [-0.2, 0) is 28.5 Å². The van der Waals surface area contributed by atoms with Crippen LogP contribution < -0.4 is 0 Å². The number of rotatable bonds is 3. The van der Waals surface area contributed by atoms with Crippen LogP contribution in [0, 0.1) is 0 Å². The van der Waals surface area contributed by atoms with E-state index in [9.17, 15) is 14.7 Å². The Morgan fingerprint density at radius 3 is 2.00 bits per heavy atom. The molecule has 0 aromatic rings. The fourth-order valence-corrected chi connectivity index (χ4v) is 1.93. The topological polar surface area (TPSA) is 91.3 Å². The van der Waals surface area contributed by atoms with Gasteiger partial charge in [0.2, 0.25) is 0 Å². The predicted molar refractivity (Wildman–Crippen MR) is 58.5 cm³/mol. The van der Waals surface area contributed by atoms with Gasteiger partial charge in [0.1, 0.15) is 6.10 Å². The molecule has 0 radical (unpaired) electrons. The zero-order valence-electron chi connectivity index (χ0n) is 10.8. The number of aliphatic hydroxyl groups is 1. The molecule has 1 aliphatic rings. The average molecular weight is 262 g/mol. The molecule has 0 unspecified atom stereocenters. The molecule has 0 bridgehead atoms. The second-order valence-corrected chi connectivity index (χ2v) is 4.08. The summed E-state index contributed by atoms with van der Waals surface area (Å²) in [5.41, 5.74) is 0. The highest BCUT2D eigenvalue weighted by Gasteiger charge is 2.47. The van der Waals surface area contributed by atoms with Gasteiger partial charge in [-0.15, -0.1) is 0 Å². The summed E-state index contributed by atoms with van der Waals surface area (Å²) in [4.78, 5) is 22.0. The SMILES string of the molecule is CO[C@H]1[C@@H](OC(C)=O)[C@@H](O)O[C@H](C)[C@H]1OC(C)=O. The number of hydrogen-bond acceptors (Lipinski definition) is 7. The Hall–Kier alpha value is -1.18. The minimum absolute atomic E-state index is 0.504. The third-order valence-electron chi connectivity index (χ3n) is 2.62. The van der Waals surface area contributed by atoms with E-state index in [4.69, 9.17) is 18.9 Å². The molecular formula is C11H18O7. The zero-order chi connectivity index (χ0) is 13.9. The van der Waals surface area contributed by atoms with Gasteiger partial charge in [0.25, 0.3) is 0 Å². The lowest BCUT2D eigenvalue weighted by molar-refractivity contribution is -0.289. The van der Waals surface area contributed by atoms with E-state index in [-0.39, 0.29) is 0 Å². The van der Waals surface area contributed by atoms with Gasteiger partial charge in [-0.2, -0.15) is 0 Å². The first-order valence-electron chi connectivity index (χ1n) is 5.57. The molecule has 7 nitrogen and oxygen atoms in total. The van der Waals surface area contributed by atoms with Gasteiger partial charge in [0.15, 0.2) is 18.5 Å². The molecule has 1 N–H and O–H groups in total. The Morgan fingerprint density at radius 1 is 1.06 bits per heavy atom. The summed E-state index contributed by atoms with van der Waals surface area (Å²) in [5, 5.41) is 9.72. The molecule has 1 saturated heterocycles. The molecule has 0 aliphatic carbocycles. The molecule has 0 spiro atoms. The Kier molecular flexibility index (Phi) is 5.06. The van der Waals surface area contributed by atoms with Crippen molar-refractivity contribution in [3.63, 3.8) is 0 Å². The van der Waals surface area contributed by atoms with Crippen molar-refractivity contribution in [3.05, 3.63) is 0 Å². The highest BCUT2D eigenvalue weighted by atomic mass is 16.7. The first kappa shape index (κ1) is 14.9. The number of ether oxygens (including phenoxy) is 4. The van der Waals surface area contributed by atoms with Crippen molar-refractivity contribution in [2.45, 2.75) is 51.5 Å². The second kappa shape index (κ2) is 6.12. The van der Waals surface area contributed by atoms with E-state index in [0.717, 1.165) is 0 Å². The summed E-state index contributed by atoms with van der Waals surface area (Å²) >= 11 is 0. The molecule has 0 aromatic carbocycles. The Morgan fingerprint density at radius 2 is 1.56 bits per heavy atom. The molecule has 18 heavy (non-hydrogen) atoms. The van der Waals surface area contributed by atoms with Crippen LogP contribution in [0.3, 0.4) is 0 Å². The monoisotopic (exact) mass is 262 g/mol. The van der Waals surface area contributed by atoms with Gasteiger partial charge in [-0.25, -0.2) is 0 Å². The first-order chi connectivity index (χ1) is 8.36. The van der Waals surface area contributed by atoms with Gasteiger partial charge in [-0.05, 0) is 6.92 Å². The molecule has 5 atom stereocenters. The van der Waals surface area contributed by atoms with E-state index in [1.807, 2.05) is 0 Å². The number of methoxy groups -OCH3 is 1. The summed E-state index contributed by atoms with van der Waals surface area (Å²) in [6.45, 7) is 4.09. The van der Waals surface area contributed by atoms with Crippen LogP contribution >= 0.6 is 0 Å². The van der Waals surface area contributed by atoms with E-state index in [1.54, 1.807) is 6.92 Å². The molecule has 7 heteroatoms. The number of carbonyl (C=O) groups is 2. The quantitative estimate of drug-likeness (QED) is 0.692. The minimum Gasteiger partial charge on any atom is -0.457 e. The molecule has 0 saturated carbocycles. The van der Waals surface area contributed by atoms with Crippen LogP contribution in [-0.4, -0.2) is 54.9 Å². The van der Waals surface area contributed by atoms with Crippen molar-refractivity contribution in [1.29, 1.82) is 0 Å². The fraction of sp³-hybridized carbons (Fsp3) is 0.818. The lowest BCUT2D eigenvalue weighted by Crippen LogP contribution is -2.59. The van der Waals surface area contributed by atoms with Crippen molar-refractivity contribution in [3.8, 4) is 0 Å². The van der Waals surface area contributed by atoms with Crippen LogP contribution in [0.15, 0.2) is 0 Å². The van der Waals surface area contributed by atoms with Gasteiger partial charge in [0, 0.05) is 21.0 Å². The Balaban J connectivity index is 2.88. The maximum atomic E-state index is 11.0. The van der Waals surface area contributed by atoms with Crippen molar-refractivity contribution >= 4 is 11.9 Å². The van der Waals surface area contributed by atoms with Crippen molar-refractivity contribution in [1.82, 2.24) is 0 Å². The summed E-state index contributed by atoms with van der Waals surface area (Å²) in [7, 11) is 1.38. The van der Waals surface area contributed by atoms with Crippen LogP contribution in [0.2, 0.25) is 0 Å². The largest absolute Gasteiger partial charge is 0.457 e. The molecule has 1 rings (SSSR count). The van der Waals surface area contributed by atoms with Gasteiger partial charge < -0.3 is 24.1 Å². The third kappa shape index (κ3) is 3.41. The molecule has 1 fully saturated rings. The number of esters is 2. The predicted octanol–water partition coefficient (Wildman–Crippen LogP) is -0.398. The lowest BCUT2D eigenvalue weighted by Gasteiger charge is -2.41. The van der Waals surface area contributed by atoms with Crippen LogP contribution in [0.4, 0.5) is 0 Å². The molecule has 0 amide bonds. The van der Waals surface area contributed by atoms with Crippen LogP contribution in [0.25, 0.3) is 0 Å². The number of hydrogen-bond donors (Lipinski definition) is 1. The van der Waals surface area contributed by atoms with Crippen molar-refractivity contribution in [2.75, 3.05) is 7.11 Å². The number of aliphatic hydroxyl groups excluding tert-OH is 1. The summed E-state index contributed by atoms with van der Waals surface area (Å²) < 4.78 is 20.3. The van der Waals surface area contributed by atoms with Crippen molar-refractivity contribution in [2.24, 2.45) is 0 Å². The van der Waals surface area contributed by atoms with Crippen LogP contribution in [0.5, 0.6) is 0 Å². The molecule has 1 aliphatic heterocycles. The van der Waals surface area contributed by atoms with Crippen LogP contribution in [0.1, 0.15) is 20.8 Å².